The lowest BCUT2D eigenvalue weighted by Gasteiger charge is -2.11. The van der Waals surface area contributed by atoms with Crippen LogP contribution in [-0.4, -0.2) is 19.0 Å². The highest BCUT2D eigenvalue weighted by Gasteiger charge is 2.10. The van der Waals surface area contributed by atoms with Gasteiger partial charge >= 0.3 is 0 Å². The largest absolute Gasteiger partial charge is 0.385 e. The Labute approximate surface area is 97.2 Å². The van der Waals surface area contributed by atoms with Gasteiger partial charge in [0.05, 0.1) is 5.56 Å². The highest BCUT2D eigenvalue weighted by molar-refractivity contribution is 5.99. The number of hydrogen-bond donors (Lipinski definition) is 2. The fourth-order valence-corrected chi connectivity index (χ4v) is 1.52. The van der Waals surface area contributed by atoms with Crippen molar-refractivity contribution in [2.75, 3.05) is 18.4 Å². The van der Waals surface area contributed by atoms with E-state index in [1.54, 1.807) is 0 Å². The summed E-state index contributed by atoms with van der Waals surface area (Å²) in [4.78, 5) is 11.9. The molecule has 0 radical (unpaired) electrons. The summed E-state index contributed by atoms with van der Waals surface area (Å²) in [5.74, 6) is 0.00139. The second-order valence-corrected chi connectivity index (χ2v) is 3.84. The summed E-state index contributed by atoms with van der Waals surface area (Å²) >= 11 is 0. The van der Waals surface area contributed by atoms with Gasteiger partial charge in [0.15, 0.2) is 0 Å². The van der Waals surface area contributed by atoms with Gasteiger partial charge in [-0.15, -0.1) is 0 Å². The van der Waals surface area contributed by atoms with Gasteiger partial charge in [0.25, 0.3) is 5.91 Å². The van der Waals surface area contributed by atoms with E-state index in [1.807, 2.05) is 39.0 Å². The van der Waals surface area contributed by atoms with Crippen molar-refractivity contribution in [1.82, 2.24) is 5.32 Å². The molecule has 1 aromatic carbocycles. The van der Waals surface area contributed by atoms with E-state index in [0.29, 0.717) is 0 Å². The molecule has 0 aliphatic rings. The smallest absolute Gasteiger partial charge is 0.253 e. The maximum atomic E-state index is 11.9. The lowest BCUT2D eigenvalue weighted by molar-refractivity contribution is 0.0954. The zero-order valence-corrected chi connectivity index (χ0v) is 10.3. The molecule has 0 heterocycles. The van der Waals surface area contributed by atoms with Gasteiger partial charge in [-0.05, 0) is 32.4 Å². The summed E-state index contributed by atoms with van der Waals surface area (Å²) in [6.07, 6.45) is 0.952. The second kappa shape index (κ2) is 6.16. The molecular weight excluding hydrogens is 200 g/mol. The molecule has 0 aliphatic heterocycles. The molecule has 2 N–H and O–H groups in total. The minimum atomic E-state index is 0.00139. The van der Waals surface area contributed by atoms with E-state index in [9.17, 15) is 4.79 Å². The van der Waals surface area contributed by atoms with E-state index in [0.717, 1.165) is 36.3 Å². The van der Waals surface area contributed by atoms with Gasteiger partial charge in [-0.3, -0.25) is 4.79 Å². The van der Waals surface area contributed by atoms with Crippen molar-refractivity contribution in [1.29, 1.82) is 0 Å². The van der Waals surface area contributed by atoms with Crippen LogP contribution in [0.2, 0.25) is 0 Å². The highest BCUT2D eigenvalue weighted by Crippen LogP contribution is 2.17. The van der Waals surface area contributed by atoms with Crippen molar-refractivity contribution in [3.63, 3.8) is 0 Å². The van der Waals surface area contributed by atoms with E-state index < -0.39 is 0 Å². The van der Waals surface area contributed by atoms with Crippen LogP contribution >= 0.6 is 0 Å². The van der Waals surface area contributed by atoms with Crippen LogP contribution in [-0.2, 0) is 0 Å². The van der Waals surface area contributed by atoms with Gasteiger partial charge in [0.2, 0.25) is 0 Å². The van der Waals surface area contributed by atoms with Gasteiger partial charge in [-0.2, -0.15) is 0 Å². The normalized spacial score (nSPS) is 9.94. The monoisotopic (exact) mass is 220 g/mol. The van der Waals surface area contributed by atoms with Crippen molar-refractivity contribution in [2.24, 2.45) is 0 Å². The summed E-state index contributed by atoms with van der Waals surface area (Å²) in [5.41, 5.74) is 2.74. The Bertz CT molecular complexity index is 361. The van der Waals surface area contributed by atoms with E-state index in [1.165, 1.54) is 0 Å². The number of carbonyl (C=O) groups is 1. The lowest BCUT2D eigenvalue weighted by atomic mass is 10.1. The number of aryl methyl sites for hydroxylation is 1. The Balaban J connectivity index is 2.90. The first-order valence-electron chi connectivity index (χ1n) is 5.81. The minimum Gasteiger partial charge on any atom is -0.385 e. The zero-order chi connectivity index (χ0) is 12.0. The second-order valence-electron chi connectivity index (χ2n) is 3.84. The van der Waals surface area contributed by atoms with E-state index >= 15 is 0 Å². The summed E-state index contributed by atoms with van der Waals surface area (Å²) in [6, 6.07) is 5.89. The van der Waals surface area contributed by atoms with Crippen LogP contribution in [0.1, 0.15) is 36.2 Å². The van der Waals surface area contributed by atoms with Gasteiger partial charge in [-0.25, -0.2) is 0 Å². The Morgan fingerprint density at radius 2 is 2.06 bits per heavy atom. The Hall–Kier alpha value is -1.51. The summed E-state index contributed by atoms with van der Waals surface area (Å²) in [7, 11) is 0. The van der Waals surface area contributed by atoms with Crippen LogP contribution in [0, 0.1) is 6.92 Å². The van der Waals surface area contributed by atoms with Gasteiger partial charge in [-0.1, -0.05) is 18.6 Å². The molecule has 0 saturated heterocycles. The van der Waals surface area contributed by atoms with Gasteiger partial charge < -0.3 is 10.6 Å². The Morgan fingerprint density at radius 1 is 1.31 bits per heavy atom. The van der Waals surface area contributed by atoms with E-state index in [4.69, 9.17) is 0 Å². The van der Waals surface area contributed by atoms with Crippen LogP contribution in [0.4, 0.5) is 5.69 Å². The first-order valence-corrected chi connectivity index (χ1v) is 5.81. The minimum absolute atomic E-state index is 0.00139. The van der Waals surface area contributed by atoms with Gasteiger partial charge in [0.1, 0.15) is 0 Å². The number of benzene rings is 1. The standard InChI is InChI=1S/C13H20N2O/c1-4-8-15-13(16)11-9-10(3)6-7-12(11)14-5-2/h6-7,9,14H,4-5,8H2,1-3H3,(H,15,16). The molecule has 0 fully saturated rings. The quantitative estimate of drug-likeness (QED) is 0.800. The van der Waals surface area contributed by atoms with Crippen molar-refractivity contribution in [3.8, 4) is 0 Å². The highest BCUT2D eigenvalue weighted by atomic mass is 16.1. The maximum Gasteiger partial charge on any atom is 0.253 e. The third-order valence-corrected chi connectivity index (χ3v) is 2.32. The number of anilines is 1. The van der Waals surface area contributed by atoms with Gasteiger partial charge in [0, 0.05) is 18.8 Å². The molecule has 0 aromatic heterocycles. The van der Waals surface area contributed by atoms with Crippen LogP contribution in [0.15, 0.2) is 18.2 Å². The average molecular weight is 220 g/mol. The SMILES string of the molecule is CCCNC(=O)c1cc(C)ccc1NCC. The van der Waals surface area contributed by atoms with Crippen LogP contribution in [0.5, 0.6) is 0 Å². The predicted octanol–water partition coefficient (Wildman–Crippen LogP) is 2.57. The van der Waals surface area contributed by atoms with Crippen LogP contribution in [0.25, 0.3) is 0 Å². The molecule has 0 saturated carbocycles. The molecule has 1 amide bonds. The van der Waals surface area contributed by atoms with Crippen molar-refractivity contribution in [2.45, 2.75) is 27.2 Å². The fourth-order valence-electron chi connectivity index (χ4n) is 1.52. The maximum absolute atomic E-state index is 11.9. The van der Waals surface area contributed by atoms with Crippen molar-refractivity contribution in [3.05, 3.63) is 29.3 Å². The summed E-state index contributed by atoms with van der Waals surface area (Å²) < 4.78 is 0. The van der Waals surface area contributed by atoms with Crippen molar-refractivity contribution < 1.29 is 4.79 Å². The molecule has 3 heteroatoms. The number of rotatable bonds is 5. The molecule has 88 valence electrons. The zero-order valence-electron chi connectivity index (χ0n) is 10.3. The number of amides is 1. The molecule has 1 rings (SSSR count). The first kappa shape index (κ1) is 12.6. The Morgan fingerprint density at radius 3 is 2.69 bits per heavy atom. The van der Waals surface area contributed by atoms with E-state index in [2.05, 4.69) is 10.6 Å². The van der Waals surface area contributed by atoms with Crippen LogP contribution in [0.3, 0.4) is 0 Å². The molecule has 0 atom stereocenters. The molecule has 0 spiro atoms. The molecular formula is C13H20N2O. The molecule has 0 unspecified atom stereocenters. The van der Waals surface area contributed by atoms with Crippen molar-refractivity contribution >= 4 is 11.6 Å². The topological polar surface area (TPSA) is 41.1 Å². The van der Waals surface area contributed by atoms with E-state index in [-0.39, 0.29) is 5.91 Å². The molecule has 3 nitrogen and oxygen atoms in total. The average Bonchev–Trinajstić information content (AvgIpc) is 2.28. The lowest BCUT2D eigenvalue weighted by Crippen LogP contribution is -2.25. The summed E-state index contributed by atoms with van der Waals surface area (Å²) in [5, 5.41) is 6.10. The molecule has 0 bridgehead atoms. The fraction of sp³-hybridized carbons (Fsp3) is 0.462. The number of hydrogen-bond acceptors (Lipinski definition) is 2. The first-order chi connectivity index (χ1) is 7.69. The number of carbonyl (C=O) groups excluding carboxylic acids is 1. The van der Waals surface area contributed by atoms with Crippen LogP contribution < -0.4 is 10.6 Å². The third kappa shape index (κ3) is 3.26. The molecule has 1 aromatic rings. The third-order valence-electron chi connectivity index (χ3n) is 2.32. The Kier molecular flexibility index (Phi) is 4.83. The summed E-state index contributed by atoms with van der Waals surface area (Å²) in [6.45, 7) is 7.59. The molecule has 0 aliphatic carbocycles. The molecule has 16 heavy (non-hydrogen) atoms. The predicted molar refractivity (Wildman–Crippen MR) is 68.0 cm³/mol. The number of nitrogens with one attached hydrogen (secondary N) is 2.